The third kappa shape index (κ3) is 5.20. The molecule has 6 N–H and O–H groups in total. The first-order valence-corrected chi connectivity index (χ1v) is 8.60. The molecule has 7 heteroatoms. The highest BCUT2D eigenvalue weighted by atomic mass is 16.2. The molecule has 0 aromatic rings. The van der Waals surface area contributed by atoms with Crippen LogP contribution in [-0.4, -0.2) is 36.3 Å². The molecule has 1 unspecified atom stereocenters. The number of nitrogens with two attached hydrogens (primary N) is 2. The molecule has 0 bridgehead atoms. The summed E-state index contributed by atoms with van der Waals surface area (Å²) in [6, 6.07) is -1.47. The van der Waals surface area contributed by atoms with E-state index in [-0.39, 0.29) is 24.2 Å². The lowest BCUT2D eigenvalue weighted by atomic mass is 9.85. The Labute approximate surface area is 136 Å². The van der Waals surface area contributed by atoms with Crippen LogP contribution in [-0.2, 0) is 14.4 Å². The molecule has 130 valence electrons. The SMILES string of the molecule is NC(=O)[C@H](C[C@@H]1CCNC1=O)NC(=O)C(N)CC1CCCCC1. The van der Waals surface area contributed by atoms with Crippen LogP contribution in [0, 0.1) is 11.8 Å². The van der Waals surface area contributed by atoms with Crippen molar-refractivity contribution in [1.29, 1.82) is 0 Å². The highest BCUT2D eigenvalue weighted by molar-refractivity contribution is 5.89. The van der Waals surface area contributed by atoms with Gasteiger partial charge in [-0.1, -0.05) is 32.1 Å². The van der Waals surface area contributed by atoms with Gasteiger partial charge in [-0.05, 0) is 25.2 Å². The van der Waals surface area contributed by atoms with Gasteiger partial charge in [0.05, 0.1) is 6.04 Å². The second-order valence-corrected chi connectivity index (χ2v) is 6.82. The van der Waals surface area contributed by atoms with Crippen LogP contribution < -0.4 is 22.1 Å². The topological polar surface area (TPSA) is 127 Å². The Balaban J connectivity index is 1.83. The van der Waals surface area contributed by atoms with E-state index >= 15 is 0 Å². The van der Waals surface area contributed by atoms with Crippen LogP contribution in [0.25, 0.3) is 0 Å². The van der Waals surface area contributed by atoms with Crippen LogP contribution in [0.3, 0.4) is 0 Å². The normalized spacial score (nSPS) is 24.7. The van der Waals surface area contributed by atoms with Crippen molar-refractivity contribution in [3.8, 4) is 0 Å². The maximum Gasteiger partial charge on any atom is 0.240 e. The molecule has 1 saturated heterocycles. The minimum Gasteiger partial charge on any atom is -0.368 e. The van der Waals surface area contributed by atoms with E-state index in [1.165, 1.54) is 19.3 Å². The van der Waals surface area contributed by atoms with Crippen LogP contribution in [0.2, 0.25) is 0 Å². The molecule has 0 aromatic carbocycles. The van der Waals surface area contributed by atoms with Gasteiger partial charge in [0.1, 0.15) is 6.04 Å². The van der Waals surface area contributed by atoms with Crippen LogP contribution in [0.15, 0.2) is 0 Å². The molecule has 0 radical (unpaired) electrons. The van der Waals surface area contributed by atoms with Crippen molar-refractivity contribution >= 4 is 17.7 Å². The molecule has 7 nitrogen and oxygen atoms in total. The Kier molecular flexibility index (Phi) is 6.38. The first-order valence-electron chi connectivity index (χ1n) is 8.60. The fraction of sp³-hybridized carbons (Fsp3) is 0.812. The zero-order valence-corrected chi connectivity index (χ0v) is 13.6. The van der Waals surface area contributed by atoms with Crippen molar-refractivity contribution in [3.63, 3.8) is 0 Å². The molecule has 2 aliphatic rings. The molecule has 2 rings (SSSR count). The van der Waals surface area contributed by atoms with E-state index in [0.29, 0.717) is 25.3 Å². The van der Waals surface area contributed by atoms with Crippen molar-refractivity contribution < 1.29 is 14.4 Å². The summed E-state index contributed by atoms with van der Waals surface area (Å²) in [6.07, 6.45) is 7.41. The summed E-state index contributed by atoms with van der Waals surface area (Å²) in [5, 5.41) is 5.35. The number of hydrogen-bond donors (Lipinski definition) is 4. The quantitative estimate of drug-likeness (QED) is 0.516. The summed E-state index contributed by atoms with van der Waals surface area (Å²) >= 11 is 0. The maximum atomic E-state index is 12.2. The van der Waals surface area contributed by atoms with Gasteiger partial charge in [-0.25, -0.2) is 0 Å². The van der Waals surface area contributed by atoms with Gasteiger partial charge in [-0.15, -0.1) is 0 Å². The molecule has 1 heterocycles. The molecule has 1 saturated carbocycles. The Hall–Kier alpha value is -1.63. The number of primary amides is 1. The lowest BCUT2D eigenvalue weighted by molar-refractivity contribution is -0.129. The zero-order chi connectivity index (χ0) is 16.8. The van der Waals surface area contributed by atoms with Gasteiger partial charge in [0.15, 0.2) is 0 Å². The number of carbonyl (C=O) groups is 3. The van der Waals surface area contributed by atoms with E-state index in [9.17, 15) is 14.4 Å². The molecular weight excluding hydrogens is 296 g/mol. The zero-order valence-electron chi connectivity index (χ0n) is 13.6. The standard InChI is InChI=1S/C16H28N4O3/c17-12(8-10-4-2-1-3-5-10)16(23)20-13(14(18)21)9-11-6-7-19-15(11)22/h10-13H,1-9,17H2,(H2,18,21)(H,19,22)(H,20,23)/t11-,12?,13-/m0/s1. The van der Waals surface area contributed by atoms with Crippen molar-refractivity contribution in [2.24, 2.45) is 23.3 Å². The second-order valence-electron chi connectivity index (χ2n) is 6.82. The van der Waals surface area contributed by atoms with Crippen molar-refractivity contribution in [3.05, 3.63) is 0 Å². The third-order valence-electron chi connectivity index (χ3n) is 4.99. The van der Waals surface area contributed by atoms with Crippen molar-refractivity contribution in [2.75, 3.05) is 6.54 Å². The van der Waals surface area contributed by atoms with Crippen molar-refractivity contribution in [1.82, 2.24) is 10.6 Å². The second kappa shape index (κ2) is 8.29. The van der Waals surface area contributed by atoms with E-state index in [0.717, 1.165) is 12.8 Å². The van der Waals surface area contributed by atoms with Gasteiger partial charge >= 0.3 is 0 Å². The highest BCUT2D eigenvalue weighted by Gasteiger charge is 2.31. The first kappa shape index (κ1) is 17.7. The number of hydrogen-bond acceptors (Lipinski definition) is 4. The lowest BCUT2D eigenvalue weighted by Gasteiger charge is -2.25. The van der Waals surface area contributed by atoms with Gasteiger partial charge < -0.3 is 22.1 Å². The molecule has 3 atom stereocenters. The molecule has 2 fully saturated rings. The average Bonchev–Trinajstić information content (AvgIpc) is 2.92. The summed E-state index contributed by atoms with van der Waals surface area (Å²) in [4.78, 5) is 35.4. The number of nitrogens with one attached hydrogen (secondary N) is 2. The van der Waals surface area contributed by atoms with Gasteiger partial charge in [0, 0.05) is 12.5 Å². The summed E-state index contributed by atoms with van der Waals surface area (Å²) in [5.41, 5.74) is 11.4. The molecule has 0 aromatic heterocycles. The summed E-state index contributed by atoms with van der Waals surface area (Å²) in [6.45, 7) is 0.601. The number of carbonyl (C=O) groups excluding carboxylic acids is 3. The third-order valence-corrected chi connectivity index (χ3v) is 4.99. The fourth-order valence-electron chi connectivity index (χ4n) is 3.57. The van der Waals surface area contributed by atoms with E-state index in [4.69, 9.17) is 11.5 Å². The Bertz CT molecular complexity index is 449. The van der Waals surface area contributed by atoms with Crippen LogP contribution >= 0.6 is 0 Å². The Morgan fingerprint density at radius 3 is 2.43 bits per heavy atom. The average molecular weight is 324 g/mol. The highest BCUT2D eigenvalue weighted by Crippen LogP contribution is 2.27. The minimum atomic E-state index is -0.839. The summed E-state index contributed by atoms with van der Waals surface area (Å²) in [7, 11) is 0. The van der Waals surface area contributed by atoms with Gasteiger partial charge in [0.25, 0.3) is 0 Å². The summed E-state index contributed by atoms with van der Waals surface area (Å²) in [5.74, 6) is -0.850. The van der Waals surface area contributed by atoms with Crippen LogP contribution in [0.1, 0.15) is 51.4 Å². The summed E-state index contributed by atoms with van der Waals surface area (Å²) < 4.78 is 0. The molecule has 0 spiro atoms. The van der Waals surface area contributed by atoms with E-state index in [1.54, 1.807) is 0 Å². The van der Waals surface area contributed by atoms with Crippen LogP contribution in [0.4, 0.5) is 0 Å². The van der Waals surface area contributed by atoms with Crippen molar-refractivity contribution in [2.45, 2.75) is 63.5 Å². The van der Waals surface area contributed by atoms with E-state index < -0.39 is 18.0 Å². The molecule has 1 aliphatic carbocycles. The largest absolute Gasteiger partial charge is 0.368 e. The number of amides is 3. The predicted molar refractivity (Wildman–Crippen MR) is 86.0 cm³/mol. The van der Waals surface area contributed by atoms with Gasteiger partial charge in [-0.2, -0.15) is 0 Å². The van der Waals surface area contributed by atoms with E-state index in [1.807, 2.05) is 0 Å². The fourth-order valence-corrected chi connectivity index (χ4v) is 3.57. The smallest absolute Gasteiger partial charge is 0.240 e. The predicted octanol–water partition coefficient (Wildman–Crippen LogP) is -0.220. The maximum absolute atomic E-state index is 12.2. The minimum absolute atomic E-state index is 0.0861. The first-order chi connectivity index (χ1) is 11.0. The Morgan fingerprint density at radius 1 is 1.17 bits per heavy atom. The lowest BCUT2D eigenvalue weighted by Crippen LogP contribution is -2.51. The number of rotatable bonds is 7. The van der Waals surface area contributed by atoms with Crippen LogP contribution in [0.5, 0.6) is 0 Å². The molecular formula is C16H28N4O3. The van der Waals surface area contributed by atoms with E-state index in [2.05, 4.69) is 10.6 Å². The van der Waals surface area contributed by atoms with Gasteiger partial charge in [0.2, 0.25) is 17.7 Å². The van der Waals surface area contributed by atoms with Gasteiger partial charge in [-0.3, -0.25) is 14.4 Å². The molecule has 3 amide bonds. The Morgan fingerprint density at radius 2 is 1.87 bits per heavy atom. The molecule has 1 aliphatic heterocycles. The molecule has 23 heavy (non-hydrogen) atoms. The monoisotopic (exact) mass is 324 g/mol.